The number of aromatic nitrogens is 1. The maximum Gasteiger partial charge on any atom is 0.101 e. The third-order valence-corrected chi connectivity index (χ3v) is 4.14. The molecule has 0 atom stereocenters. The molecule has 2 heterocycles. The molecule has 2 aromatic rings. The van der Waals surface area contributed by atoms with Gasteiger partial charge in [-0.1, -0.05) is 6.07 Å². The molecule has 3 rings (SSSR count). The van der Waals surface area contributed by atoms with Gasteiger partial charge in [-0.15, -0.1) is 0 Å². The molecule has 23 heavy (non-hydrogen) atoms. The maximum atomic E-state index is 9.62. The molecule has 0 saturated carbocycles. The summed E-state index contributed by atoms with van der Waals surface area (Å²) >= 11 is 0. The van der Waals surface area contributed by atoms with Crippen LogP contribution in [0.5, 0.6) is 0 Å². The van der Waals surface area contributed by atoms with Crippen molar-refractivity contribution in [3.8, 4) is 6.07 Å². The Morgan fingerprint density at radius 2 is 2.13 bits per heavy atom. The SMILES string of the molecule is N#Cc1cc(NCc2cccnc2)ccc1N1CCC(O)CC1. The highest BCUT2D eigenvalue weighted by atomic mass is 16.3. The van der Waals surface area contributed by atoms with Crippen LogP contribution >= 0.6 is 0 Å². The molecule has 0 bridgehead atoms. The third-order valence-electron chi connectivity index (χ3n) is 4.14. The van der Waals surface area contributed by atoms with E-state index in [1.807, 2.05) is 36.5 Å². The Morgan fingerprint density at radius 3 is 2.83 bits per heavy atom. The molecule has 1 aromatic carbocycles. The van der Waals surface area contributed by atoms with Gasteiger partial charge in [0.25, 0.3) is 0 Å². The summed E-state index contributed by atoms with van der Waals surface area (Å²) < 4.78 is 0. The number of aliphatic hydroxyl groups excluding tert-OH is 1. The first kappa shape index (κ1) is 15.3. The summed E-state index contributed by atoms with van der Waals surface area (Å²) in [5.74, 6) is 0. The quantitative estimate of drug-likeness (QED) is 0.908. The van der Waals surface area contributed by atoms with Gasteiger partial charge in [0.15, 0.2) is 0 Å². The van der Waals surface area contributed by atoms with Gasteiger partial charge >= 0.3 is 0 Å². The Balaban J connectivity index is 1.71. The van der Waals surface area contributed by atoms with Crippen LogP contribution in [0.3, 0.4) is 0 Å². The lowest BCUT2D eigenvalue weighted by Crippen LogP contribution is -2.36. The van der Waals surface area contributed by atoms with E-state index in [9.17, 15) is 10.4 Å². The highest BCUT2D eigenvalue weighted by molar-refractivity contribution is 5.65. The zero-order valence-electron chi connectivity index (χ0n) is 12.9. The summed E-state index contributed by atoms with van der Waals surface area (Å²) in [4.78, 5) is 6.27. The molecule has 1 aliphatic heterocycles. The number of pyridine rings is 1. The lowest BCUT2D eigenvalue weighted by atomic mass is 10.0. The van der Waals surface area contributed by atoms with E-state index in [0.717, 1.165) is 42.9 Å². The molecule has 1 aliphatic rings. The monoisotopic (exact) mass is 308 g/mol. The van der Waals surface area contributed by atoms with Gasteiger partial charge in [0.1, 0.15) is 6.07 Å². The van der Waals surface area contributed by atoms with E-state index in [2.05, 4.69) is 21.3 Å². The van der Waals surface area contributed by atoms with Crippen LogP contribution in [0, 0.1) is 11.3 Å². The zero-order valence-corrected chi connectivity index (χ0v) is 12.9. The van der Waals surface area contributed by atoms with Gasteiger partial charge in [0, 0.05) is 37.7 Å². The van der Waals surface area contributed by atoms with E-state index in [-0.39, 0.29) is 6.10 Å². The first-order valence-electron chi connectivity index (χ1n) is 7.86. The second kappa shape index (κ2) is 7.12. The van der Waals surface area contributed by atoms with Crippen LogP contribution in [0.2, 0.25) is 0 Å². The summed E-state index contributed by atoms with van der Waals surface area (Å²) in [6.45, 7) is 2.25. The second-order valence-corrected chi connectivity index (χ2v) is 5.78. The maximum absolute atomic E-state index is 9.62. The molecule has 1 aromatic heterocycles. The molecule has 0 radical (unpaired) electrons. The van der Waals surface area contributed by atoms with Gasteiger partial charge in [-0.25, -0.2) is 0 Å². The van der Waals surface area contributed by atoms with Gasteiger partial charge in [0.05, 0.1) is 17.4 Å². The molecule has 5 heteroatoms. The van der Waals surface area contributed by atoms with E-state index >= 15 is 0 Å². The number of aliphatic hydroxyl groups is 1. The van der Waals surface area contributed by atoms with Gasteiger partial charge < -0.3 is 15.3 Å². The number of piperidine rings is 1. The van der Waals surface area contributed by atoms with Crippen molar-refractivity contribution in [2.45, 2.75) is 25.5 Å². The largest absolute Gasteiger partial charge is 0.393 e. The van der Waals surface area contributed by atoms with E-state index < -0.39 is 0 Å². The minimum Gasteiger partial charge on any atom is -0.393 e. The molecule has 1 saturated heterocycles. The fourth-order valence-electron chi connectivity index (χ4n) is 2.82. The lowest BCUT2D eigenvalue weighted by Gasteiger charge is -2.32. The molecule has 5 nitrogen and oxygen atoms in total. The van der Waals surface area contributed by atoms with Crippen molar-refractivity contribution in [3.63, 3.8) is 0 Å². The number of nitrogens with zero attached hydrogens (tertiary/aromatic N) is 3. The normalized spacial score (nSPS) is 15.2. The van der Waals surface area contributed by atoms with Crippen molar-refractivity contribution in [1.82, 2.24) is 4.98 Å². The fourth-order valence-corrected chi connectivity index (χ4v) is 2.82. The molecule has 0 aliphatic carbocycles. The van der Waals surface area contributed by atoms with E-state index in [4.69, 9.17) is 0 Å². The van der Waals surface area contributed by atoms with Crippen molar-refractivity contribution in [3.05, 3.63) is 53.9 Å². The van der Waals surface area contributed by atoms with Gasteiger partial charge in [0.2, 0.25) is 0 Å². The number of nitrogens with one attached hydrogen (secondary N) is 1. The van der Waals surface area contributed by atoms with Crippen LogP contribution in [0.1, 0.15) is 24.0 Å². The lowest BCUT2D eigenvalue weighted by molar-refractivity contribution is 0.145. The highest BCUT2D eigenvalue weighted by Crippen LogP contribution is 2.26. The molecular weight excluding hydrogens is 288 g/mol. The molecule has 1 fully saturated rings. The van der Waals surface area contributed by atoms with E-state index in [0.29, 0.717) is 12.1 Å². The van der Waals surface area contributed by atoms with Crippen LogP contribution < -0.4 is 10.2 Å². The summed E-state index contributed by atoms with van der Waals surface area (Å²) in [5.41, 5.74) is 3.63. The summed E-state index contributed by atoms with van der Waals surface area (Å²) in [6.07, 6.45) is 4.88. The average Bonchev–Trinajstić information content (AvgIpc) is 2.61. The average molecular weight is 308 g/mol. The summed E-state index contributed by atoms with van der Waals surface area (Å²) in [5, 5.41) is 22.4. The Bertz CT molecular complexity index is 688. The highest BCUT2D eigenvalue weighted by Gasteiger charge is 2.19. The first-order chi connectivity index (χ1) is 11.3. The fraction of sp³-hybridized carbons (Fsp3) is 0.333. The number of benzene rings is 1. The van der Waals surface area contributed by atoms with E-state index in [1.165, 1.54) is 0 Å². The number of hydrogen-bond acceptors (Lipinski definition) is 5. The van der Waals surface area contributed by atoms with Gasteiger partial charge in [-0.05, 0) is 42.7 Å². The molecule has 118 valence electrons. The third kappa shape index (κ3) is 3.79. The molecular formula is C18H20N4O. The van der Waals surface area contributed by atoms with Crippen LogP contribution in [0.4, 0.5) is 11.4 Å². The second-order valence-electron chi connectivity index (χ2n) is 5.78. The molecule has 0 spiro atoms. The Labute approximate surface area is 136 Å². The Morgan fingerprint density at radius 1 is 1.30 bits per heavy atom. The number of anilines is 2. The molecule has 0 unspecified atom stereocenters. The van der Waals surface area contributed by atoms with Crippen LogP contribution in [0.25, 0.3) is 0 Å². The van der Waals surface area contributed by atoms with Gasteiger partial charge in [-0.2, -0.15) is 5.26 Å². The topological polar surface area (TPSA) is 72.2 Å². The van der Waals surface area contributed by atoms with Crippen LogP contribution in [0.15, 0.2) is 42.7 Å². The van der Waals surface area contributed by atoms with Crippen LogP contribution in [-0.4, -0.2) is 29.3 Å². The first-order valence-corrected chi connectivity index (χ1v) is 7.86. The van der Waals surface area contributed by atoms with Crippen molar-refractivity contribution in [2.24, 2.45) is 0 Å². The Hall–Kier alpha value is -2.58. The van der Waals surface area contributed by atoms with Crippen LogP contribution in [-0.2, 0) is 6.54 Å². The van der Waals surface area contributed by atoms with Crippen molar-refractivity contribution in [2.75, 3.05) is 23.3 Å². The van der Waals surface area contributed by atoms with Crippen molar-refractivity contribution >= 4 is 11.4 Å². The predicted octanol–water partition coefficient (Wildman–Crippen LogP) is 2.53. The summed E-state index contributed by atoms with van der Waals surface area (Å²) in [6, 6.07) is 12.1. The van der Waals surface area contributed by atoms with Gasteiger partial charge in [-0.3, -0.25) is 4.98 Å². The van der Waals surface area contributed by atoms with Crippen molar-refractivity contribution < 1.29 is 5.11 Å². The minimum atomic E-state index is -0.211. The Kier molecular flexibility index (Phi) is 4.74. The van der Waals surface area contributed by atoms with Crippen molar-refractivity contribution in [1.29, 1.82) is 5.26 Å². The molecule has 0 amide bonds. The van der Waals surface area contributed by atoms with E-state index in [1.54, 1.807) is 6.20 Å². The smallest absolute Gasteiger partial charge is 0.101 e. The minimum absolute atomic E-state index is 0.211. The number of nitriles is 1. The number of rotatable bonds is 4. The number of hydrogen-bond donors (Lipinski definition) is 2. The standard InChI is InChI=1S/C18H20N4O/c19-11-15-10-16(21-13-14-2-1-7-20-12-14)3-4-18(15)22-8-5-17(23)6-9-22/h1-4,7,10,12,17,21,23H,5-6,8-9,13H2. The summed E-state index contributed by atoms with van der Waals surface area (Å²) in [7, 11) is 0. The molecule has 2 N–H and O–H groups in total. The predicted molar refractivity (Wildman–Crippen MR) is 90.2 cm³/mol. The zero-order chi connectivity index (χ0) is 16.1.